The van der Waals surface area contributed by atoms with Crippen LogP contribution in [0.4, 0.5) is 0 Å². The van der Waals surface area contributed by atoms with Gasteiger partial charge in [-0.1, -0.05) is 25.1 Å². The Morgan fingerprint density at radius 2 is 2.17 bits per heavy atom. The second kappa shape index (κ2) is 4.25. The van der Waals surface area contributed by atoms with Crippen LogP contribution in [0.1, 0.15) is 23.7 Å². The largest absolute Gasteiger partial charge is 0.370 e. The molecule has 94 valence electrons. The highest BCUT2D eigenvalue weighted by Crippen LogP contribution is 2.27. The Hall–Kier alpha value is -1.61. The predicted octanol–water partition coefficient (Wildman–Crippen LogP) is 2.79. The van der Waals surface area contributed by atoms with E-state index in [1.807, 2.05) is 42.1 Å². The fourth-order valence-corrected chi connectivity index (χ4v) is 2.72. The number of carbonyl (C=O) groups excluding carboxylic acids is 1. The number of hydrogen-bond acceptors (Lipinski definition) is 2. The van der Waals surface area contributed by atoms with Gasteiger partial charge in [-0.15, -0.1) is 0 Å². The number of ether oxygens (including phenoxy) is 1. The van der Waals surface area contributed by atoms with Gasteiger partial charge in [0.1, 0.15) is 6.10 Å². The summed E-state index contributed by atoms with van der Waals surface area (Å²) >= 11 is 0. The summed E-state index contributed by atoms with van der Waals surface area (Å²) in [6.45, 7) is 2.78. The van der Waals surface area contributed by atoms with Crippen molar-refractivity contribution in [2.75, 3.05) is 6.61 Å². The number of ketones is 1. The highest BCUT2D eigenvalue weighted by atomic mass is 16.5. The molecule has 18 heavy (non-hydrogen) atoms. The van der Waals surface area contributed by atoms with E-state index >= 15 is 0 Å². The zero-order chi connectivity index (χ0) is 12.7. The normalized spacial score (nSPS) is 23.7. The van der Waals surface area contributed by atoms with Gasteiger partial charge in [0.2, 0.25) is 0 Å². The number of benzene rings is 1. The summed E-state index contributed by atoms with van der Waals surface area (Å²) in [4.78, 5) is 12.5. The van der Waals surface area contributed by atoms with Gasteiger partial charge in [-0.3, -0.25) is 4.79 Å². The lowest BCUT2D eigenvalue weighted by Crippen LogP contribution is -2.25. The fourth-order valence-electron chi connectivity index (χ4n) is 2.72. The number of carbonyl (C=O) groups is 1. The molecule has 0 bridgehead atoms. The second-order valence-electron chi connectivity index (χ2n) is 5.09. The first kappa shape index (κ1) is 11.5. The van der Waals surface area contributed by atoms with E-state index in [0.29, 0.717) is 12.5 Å². The number of aromatic nitrogens is 1. The van der Waals surface area contributed by atoms with Gasteiger partial charge in [0.05, 0.1) is 0 Å². The maximum absolute atomic E-state index is 12.5. The average Bonchev–Trinajstić information content (AvgIpc) is 2.94. The van der Waals surface area contributed by atoms with Crippen LogP contribution in [0.2, 0.25) is 0 Å². The van der Waals surface area contributed by atoms with Crippen molar-refractivity contribution in [3.63, 3.8) is 0 Å². The Bertz CT molecular complexity index is 600. The molecule has 0 saturated carbocycles. The molecular formula is C15H17NO2. The maximum atomic E-state index is 12.5. The molecule has 3 rings (SSSR count). The Morgan fingerprint density at radius 1 is 1.39 bits per heavy atom. The molecule has 1 aromatic heterocycles. The van der Waals surface area contributed by atoms with Gasteiger partial charge in [0, 0.05) is 36.3 Å². The lowest BCUT2D eigenvalue weighted by Gasteiger charge is -2.12. The second-order valence-corrected chi connectivity index (χ2v) is 5.09. The van der Waals surface area contributed by atoms with Gasteiger partial charge in [-0.05, 0) is 18.4 Å². The van der Waals surface area contributed by atoms with Gasteiger partial charge in [0.15, 0.2) is 5.78 Å². The first-order valence-corrected chi connectivity index (χ1v) is 6.38. The van der Waals surface area contributed by atoms with Crippen molar-refractivity contribution in [1.82, 2.24) is 4.57 Å². The third kappa shape index (κ3) is 1.66. The molecule has 0 radical (unpaired) electrons. The van der Waals surface area contributed by atoms with E-state index < -0.39 is 0 Å². The molecule has 1 aromatic carbocycles. The Kier molecular flexibility index (Phi) is 2.71. The summed E-state index contributed by atoms with van der Waals surface area (Å²) in [5, 5.41) is 1.02. The standard InChI is InChI=1S/C15H17NO2/c1-10-7-8-18-15(10)14(17)12-9-16(2)13-6-4-3-5-11(12)13/h3-6,9-10,15H,7-8H2,1-2H3. The van der Waals surface area contributed by atoms with Crippen molar-refractivity contribution in [2.45, 2.75) is 19.4 Å². The van der Waals surface area contributed by atoms with Crippen molar-refractivity contribution in [3.8, 4) is 0 Å². The molecule has 2 heterocycles. The van der Waals surface area contributed by atoms with Crippen LogP contribution in [-0.2, 0) is 11.8 Å². The van der Waals surface area contributed by atoms with Crippen LogP contribution in [-0.4, -0.2) is 23.1 Å². The lowest BCUT2D eigenvalue weighted by molar-refractivity contribution is 0.0581. The molecule has 2 unspecified atom stereocenters. The summed E-state index contributed by atoms with van der Waals surface area (Å²) in [5.41, 5.74) is 1.87. The number of nitrogens with zero attached hydrogens (tertiary/aromatic N) is 1. The van der Waals surface area contributed by atoms with Crippen LogP contribution in [0, 0.1) is 5.92 Å². The summed E-state index contributed by atoms with van der Waals surface area (Å²) in [6.07, 6.45) is 2.62. The molecule has 2 aromatic rings. The summed E-state index contributed by atoms with van der Waals surface area (Å²) in [5.74, 6) is 0.438. The van der Waals surface area contributed by atoms with Crippen LogP contribution in [0.5, 0.6) is 0 Å². The van der Waals surface area contributed by atoms with Crippen LogP contribution < -0.4 is 0 Å². The Morgan fingerprint density at radius 3 is 2.89 bits per heavy atom. The quantitative estimate of drug-likeness (QED) is 0.759. The number of aryl methyl sites for hydroxylation is 1. The molecule has 3 nitrogen and oxygen atoms in total. The smallest absolute Gasteiger partial charge is 0.193 e. The molecule has 2 atom stereocenters. The molecule has 3 heteroatoms. The molecule has 1 aliphatic heterocycles. The average molecular weight is 243 g/mol. The molecular weight excluding hydrogens is 226 g/mol. The van der Waals surface area contributed by atoms with Gasteiger partial charge in [-0.2, -0.15) is 0 Å². The Labute approximate surface area is 106 Å². The molecule has 1 aliphatic rings. The van der Waals surface area contributed by atoms with E-state index in [2.05, 4.69) is 6.92 Å². The van der Waals surface area contributed by atoms with Crippen molar-refractivity contribution >= 4 is 16.7 Å². The minimum Gasteiger partial charge on any atom is -0.370 e. The van der Waals surface area contributed by atoms with Crippen molar-refractivity contribution in [1.29, 1.82) is 0 Å². The van der Waals surface area contributed by atoms with E-state index in [9.17, 15) is 4.79 Å². The highest BCUT2D eigenvalue weighted by molar-refractivity contribution is 6.10. The molecule has 1 saturated heterocycles. The fraction of sp³-hybridized carbons (Fsp3) is 0.400. The maximum Gasteiger partial charge on any atom is 0.193 e. The van der Waals surface area contributed by atoms with Crippen molar-refractivity contribution < 1.29 is 9.53 Å². The van der Waals surface area contributed by atoms with Crippen LogP contribution in [0.25, 0.3) is 10.9 Å². The van der Waals surface area contributed by atoms with E-state index in [-0.39, 0.29) is 11.9 Å². The first-order chi connectivity index (χ1) is 8.68. The van der Waals surface area contributed by atoms with Crippen LogP contribution >= 0.6 is 0 Å². The van der Waals surface area contributed by atoms with Crippen molar-refractivity contribution in [3.05, 3.63) is 36.0 Å². The minimum atomic E-state index is -0.268. The zero-order valence-electron chi connectivity index (χ0n) is 10.7. The molecule has 0 spiro atoms. The number of Topliss-reactive ketones (excluding diaryl/α,β-unsaturated/α-hetero) is 1. The Balaban J connectivity index is 2.06. The van der Waals surface area contributed by atoms with Crippen LogP contribution in [0.15, 0.2) is 30.5 Å². The molecule has 1 fully saturated rings. The number of para-hydroxylation sites is 1. The third-order valence-corrected chi connectivity index (χ3v) is 3.81. The van der Waals surface area contributed by atoms with Gasteiger partial charge in [-0.25, -0.2) is 0 Å². The third-order valence-electron chi connectivity index (χ3n) is 3.81. The number of hydrogen-bond donors (Lipinski definition) is 0. The van der Waals surface area contributed by atoms with Gasteiger partial charge < -0.3 is 9.30 Å². The monoisotopic (exact) mass is 243 g/mol. The van der Waals surface area contributed by atoms with E-state index in [4.69, 9.17) is 4.74 Å². The lowest BCUT2D eigenvalue weighted by atomic mass is 9.96. The SMILES string of the molecule is CC1CCOC1C(=O)c1cn(C)c2ccccc12. The summed E-state index contributed by atoms with van der Waals surface area (Å²) in [6, 6.07) is 8.00. The van der Waals surface area contributed by atoms with E-state index in [1.165, 1.54) is 0 Å². The molecule has 0 N–H and O–H groups in total. The summed E-state index contributed by atoms with van der Waals surface area (Å²) in [7, 11) is 1.97. The van der Waals surface area contributed by atoms with Crippen molar-refractivity contribution in [2.24, 2.45) is 13.0 Å². The topological polar surface area (TPSA) is 31.2 Å². The van der Waals surface area contributed by atoms with E-state index in [0.717, 1.165) is 22.9 Å². The van der Waals surface area contributed by atoms with Crippen LogP contribution in [0.3, 0.4) is 0 Å². The zero-order valence-corrected chi connectivity index (χ0v) is 10.7. The molecule has 0 aliphatic carbocycles. The number of rotatable bonds is 2. The minimum absolute atomic E-state index is 0.122. The van der Waals surface area contributed by atoms with Gasteiger partial charge in [0.25, 0.3) is 0 Å². The first-order valence-electron chi connectivity index (χ1n) is 6.38. The predicted molar refractivity (Wildman–Crippen MR) is 70.8 cm³/mol. The molecule has 0 amide bonds. The highest BCUT2D eigenvalue weighted by Gasteiger charge is 2.32. The van der Waals surface area contributed by atoms with Gasteiger partial charge >= 0.3 is 0 Å². The van der Waals surface area contributed by atoms with E-state index in [1.54, 1.807) is 0 Å². The number of fused-ring (bicyclic) bond motifs is 1. The summed E-state index contributed by atoms with van der Waals surface area (Å²) < 4.78 is 7.58.